The maximum Gasteiger partial charge on any atom is 0.0213 e. The number of thioether (sulfide) groups is 1. The third-order valence-electron chi connectivity index (χ3n) is 4.19. The molecule has 1 aromatic carbocycles. The summed E-state index contributed by atoms with van der Waals surface area (Å²) < 4.78 is 0. The SMILES string of the molecule is CSC1CCCCC1NCc1c(C)cccc1C. The molecule has 1 fully saturated rings. The molecule has 1 saturated carbocycles. The summed E-state index contributed by atoms with van der Waals surface area (Å²) in [6, 6.07) is 7.29. The zero-order valence-corrected chi connectivity index (χ0v) is 12.6. The standard InChI is InChI=1S/C16H25NS/c1-12-7-6-8-13(2)14(12)11-17-15-9-4-5-10-16(15)18-3/h6-8,15-17H,4-5,9-11H2,1-3H3. The summed E-state index contributed by atoms with van der Waals surface area (Å²) in [5.74, 6) is 0. The van der Waals surface area contributed by atoms with Crippen molar-refractivity contribution >= 4 is 11.8 Å². The van der Waals surface area contributed by atoms with Gasteiger partial charge in [-0.1, -0.05) is 31.0 Å². The Balaban J connectivity index is 1.98. The van der Waals surface area contributed by atoms with Gasteiger partial charge in [0.05, 0.1) is 0 Å². The third-order valence-corrected chi connectivity index (χ3v) is 5.36. The summed E-state index contributed by atoms with van der Waals surface area (Å²) in [6.07, 6.45) is 7.78. The lowest BCUT2D eigenvalue weighted by Crippen LogP contribution is -2.40. The molecule has 1 N–H and O–H groups in total. The first-order valence-electron chi connectivity index (χ1n) is 7.03. The van der Waals surface area contributed by atoms with Gasteiger partial charge in [-0.3, -0.25) is 0 Å². The van der Waals surface area contributed by atoms with E-state index in [-0.39, 0.29) is 0 Å². The number of nitrogens with one attached hydrogen (secondary N) is 1. The second kappa shape index (κ2) is 6.63. The molecule has 18 heavy (non-hydrogen) atoms. The van der Waals surface area contributed by atoms with Crippen molar-refractivity contribution in [1.82, 2.24) is 5.32 Å². The van der Waals surface area contributed by atoms with Crippen LogP contribution in [-0.4, -0.2) is 17.5 Å². The molecule has 0 aliphatic heterocycles. The lowest BCUT2D eigenvalue weighted by atomic mass is 9.94. The molecule has 0 saturated heterocycles. The maximum atomic E-state index is 3.80. The van der Waals surface area contributed by atoms with E-state index in [0.29, 0.717) is 6.04 Å². The molecule has 0 bridgehead atoms. The van der Waals surface area contributed by atoms with Crippen LogP contribution < -0.4 is 5.32 Å². The lowest BCUT2D eigenvalue weighted by Gasteiger charge is -2.31. The number of rotatable bonds is 4. The van der Waals surface area contributed by atoms with Crippen molar-refractivity contribution in [3.63, 3.8) is 0 Å². The molecule has 100 valence electrons. The van der Waals surface area contributed by atoms with Crippen LogP contribution in [0.15, 0.2) is 18.2 Å². The van der Waals surface area contributed by atoms with Crippen molar-refractivity contribution < 1.29 is 0 Å². The molecular formula is C16H25NS. The molecule has 1 nitrogen and oxygen atoms in total. The fourth-order valence-electron chi connectivity index (χ4n) is 2.97. The Morgan fingerprint density at radius 2 is 1.83 bits per heavy atom. The molecule has 1 aliphatic carbocycles. The van der Waals surface area contributed by atoms with Crippen LogP contribution in [0.1, 0.15) is 42.4 Å². The van der Waals surface area contributed by atoms with Crippen LogP contribution in [0, 0.1) is 13.8 Å². The van der Waals surface area contributed by atoms with Gasteiger partial charge in [-0.15, -0.1) is 0 Å². The Bertz CT molecular complexity index is 368. The molecule has 0 spiro atoms. The van der Waals surface area contributed by atoms with Crippen molar-refractivity contribution in [2.75, 3.05) is 6.26 Å². The van der Waals surface area contributed by atoms with Gasteiger partial charge in [-0.05, 0) is 49.6 Å². The van der Waals surface area contributed by atoms with Crippen LogP contribution in [0.3, 0.4) is 0 Å². The van der Waals surface area contributed by atoms with Gasteiger partial charge in [0.1, 0.15) is 0 Å². The molecule has 2 rings (SSSR count). The van der Waals surface area contributed by atoms with Crippen molar-refractivity contribution in [3.05, 3.63) is 34.9 Å². The Labute approximate surface area is 116 Å². The molecule has 2 unspecified atom stereocenters. The minimum atomic E-state index is 0.702. The summed E-state index contributed by atoms with van der Waals surface area (Å²) in [4.78, 5) is 0. The minimum Gasteiger partial charge on any atom is -0.309 e. The van der Waals surface area contributed by atoms with Gasteiger partial charge in [0.2, 0.25) is 0 Å². The van der Waals surface area contributed by atoms with Gasteiger partial charge in [-0.25, -0.2) is 0 Å². The highest BCUT2D eigenvalue weighted by Crippen LogP contribution is 2.27. The quantitative estimate of drug-likeness (QED) is 0.879. The molecule has 0 radical (unpaired) electrons. The van der Waals surface area contributed by atoms with Gasteiger partial charge in [-0.2, -0.15) is 11.8 Å². The zero-order chi connectivity index (χ0) is 13.0. The van der Waals surface area contributed by atoms with Gasteiger partial charge in [0, 0.05) is 17.8 Å². The molecule has 0 heterocycles. The monoisotopic (exact) mass is 263 g/mol. The smallest absolute Gasteiger partial charge is 0.0213 e. The van der Waals surface area contributed by atoms with Crippen LogP contribution in [-0.2, 0) is 6.54 Å². The normalized spacial score (nSPS) is 24.2. The summed E-state index contributed by atoms with van der Waals surface area (Å²) in [5.41, 5.74) is 4.32. The van der Waals surface area contributed by atoms with Gasteiger partial charge in [0.25, 0.3) is 0 Å². The van der Waals surface area contributed by atoms with E-state index < -0.39 is 0 Å². The molecular weight excluding hydrogens is 238 g/mol. The van der Waals surface area contributed by atoms with E-state index in [1.165, 1.54) is 42.4 Å². The van der Waals surface area contributed by atoms with Crippen LogP contribution in [0.5, 0.6) is 0 Å². The maximum absolute atomic E-state index is 3.80. The Kier molecular flexibility index (Phi) is 5.13. The number of hydrogen-bond donors (Lipinski definition) is 1. The third kappa shape index (κ3) is 3.30. The van der Waals surface area contributed by atoms with E-state index in [1.54, 1.807) is 0 Å². The Morgan fingerprint density at radius 1 is 1.17 bits per heavy atom. The van der Waals surface area contributed by atoms with Crippen molar-refractivity contribution in [2.45, 2.75) is 57.4 Å². The highest BCUT2D eigenvalue weighted by molar-refractivity contribution is 7.99. The number of aryl methyl sites for hydroxylation is 2. The van der Waals surface area contributed by atoms with E-state index in [4.69, 9.17) is 0 Å². The highest BCUT2D eigenvalue weighted by Gasteiger charge is 2.23. The molecule has 0 aromatic heterocycles. The van der Waals surface area contributed by atoms with E-state index in [9.17, 15) is 0 Å². The summed E-state index contributed by atoms with van der Waals surface area (Å²) in [7, 11) is 0. The summed E-state index contributed by atoms with van der Waals surface area (Å²) in [5, 5.41) is 4.61. The van der Waals surface area contributed by atoms with Gasteiger partial charge >= 0.3 is 0 Å². The van der Waals surface area contributed by atoms with E-state index in [2.05, 4.69) is 43.6 Å². The Morgan fingerprint density at radius 3 is 2.50 bits per heavy atom. The zero-order valence-electron chi connectivity index (χ0n) is 11.8. The average molecular weight is 263 g/mol. The van der Waals surface area contributed by atoms with E-state index in [0.717, 1.165) is 11.8 Å². The second-order valence-electron chi connectivity index (χ2n) is 5.42. The number of benzene rings is 1. The largest absolute Gasteiger partial charge is 0.309 e. The van der Waals surface area contributed by atoms with Crippen molar-refractivity contribution in [2.24, 2.45) is 0 Å². The van der Waals surface area contributed by atoms with Crippen LogP contribution >= 0.6 is 11.8 Å². The second-order valence-corrected chi connectivity index (χ2v) is 6.49. The molecule has 0 amide bonds. The first-order chi connectivity index (χ1) is 8.72. The van der Waals surface area contributed by atoms with Crippen LogP contribution in [0.25, 0.3) is 0 Å². The van der Waals surface area contributed by atoms with Crippen molar-refractivity contribution in [3.8, 4) is 0 Å². The predicted molar refractivity (Wildman–Crippen MR) is 82.3 cm³/mol. The first kappa shape index (κ1) is 14.0. The molecule has 1 aromatic rings. The molecule has 2 heteroatoms. The molecule has 2 atom stereocenters. The van der Waals surface area contributed by atoms with E-state index in [1.807, 2.05) is 11.8 Å². The van der Waals surface area contributed by atoms with Crippen molar-refractivity contribution in [1.29, 1.82) is 0 Å². The fraction of sp³-hybridized carbons (Fsp3) is 0.625. The molecule has 1 aliphatic rings. The van der Waals surface area contributed by atoms with E-state index >= 15 is 0 Å². The lowest BCUT2D eigenvalue weighted by molar-refractivity contribution is 0.382. The predicted octanol–water partition coefficient (Wildman–Crippen LogP) is 4.07. The van der Waals surface area contributed by atoms with Gasteiger partial charge in [0.15, 0.2) is 0 Å². The minimum absolute atomic E-state index is 0.702. The Hall–Kier alpha value is -0.470. The highest BCUT2D eigenvalue weighted by atomic mass is 32.2. The van der Waals surface area contributed by atoms with Gasteiger partial charge < -0.3 is 5.32 Å². The van der Waals surface area contributed by atoms with Crippen LogP contribution in [0.2, 0.25) is 0 Å². The average Bonchev–Trinajstić information content (AvgIpc) is 2.38. The summed E-state index contributed by atoms with van der Waals surface area (Å²) >= 11 is 2.03. The first-order valence-corrected chi connectivity index (χ1v) is 8.32. The summed E-state index contributed by atoms with van der Waals surface area (Å²) in [6.45, 7) is 5.47. The topological polar surface area (TPSA) is 12.0 Å². The van der Waals surface area contributed by atoms with Crippen LogP contribution in [0.4, 0.5) is 0 Å². The number of hydrogen-bond acceptors (Lipinski definition) is 2. The fourth-order valence-corrected chi connectivity index (χ4v) is 3.94.